The van der Waals surface area contributed by atoms with E-state index in [1.54, 1.807) is 0 Å². The molecule has 1 unspecified atom stereocenters. The van der Waals surface area contributed by atoms with Gasteiger partial charge in [-0.1, -0.05) is 0 Å². The number of ether oxygens (including phenoxy) is 1. The predicted octanol–water partition coefficient (Wildman–Crippen LogP) is 2.45. The molecule has 3 heterocycles. The molecule has 0 aromatic carbocycles. The third kappa shape index (κ3) is 4.10. The number of carbonyl (C=O) groups excluding carboxylic acids is 2. The molecule has 0 aromatic heterocycles. The van der Waals surface area contributed by atoms with Gasteiger partial charge in [0.2, 0.25) is 11.7 Å². The fraction of sp³-hybridized carbons (Fsp3) is 0.692. The maximum atomic E-state index is 13.4. The maximum Gasteiger partial charge on any atom is 0.475 e. The van der Waals surface area contributed by atoms with Crippen molar-refractivity contribution in [3.63, 3.8) is 0 Å². The van der Waals surface area contributed by atoms with E-state index < -0.39 is 75.5 Å². The van der Waals surface area contributed by atoms with E-state index in [9.17, 15) is 40.5 Å². The zero-order valence-corrected chi connectivity index (χ0v) is 14.6. The minimum atomic E-state index is -5.92. The van der Waals surface area contributed by atoms with Crippen molar-refractivity contribution in [2.45, 2.75) is 43.4 Å². The van der Waals surface area contributed by atoms with Gasteiger partial charge in [-0.15, -0.1) is 0 Å². The SMILES string of the molecule is O=C1CC(=O)N([C@H]2C[C@@H]3OP(=O)(OCC(F)(F)C(F)(F)F)OC[C@H]3O2)C=C1F. The van der Waals surface area contributed by atoms with Crippen LogP contribution in [0.1, 0.15) is 12.8 Å². The molecule has 1 amide bonds. The topological polar surface area (TPSA) is 91.4 Å². The van der Waals surface area contributed by atoms with Crippen molar-refractivity contribution in [1.82, 2.24) is 4.90 Å². The van der Waals surface area contributed by atoms with Gasteiger partial charge in [0, 0.05) is 12.6 Å². The molecule has 8 nitrogen and oxygen atoms in total. The summed E-state index contributed by atoms with van der Waals surface area (Å²) in [7, 11) is -4.76. The molecular formula is C13H12F6NO7P. The summed E-state index contributed by atoms with van der Waals surface area (Å²) in [4.78, 5) is 23.8. The average Bonchev–Trinajstić information content (AvgIpc) is 2.98. The second kappa shape index (κ2) is 7.10. The Balaban J connectivity index is 1.64. The first-order valence-corrected chi connectivity index (χ1v) is 9.16. The zero-order chi connectivity index (χ0) is 20.9. The number of hydrogen-bond acceptors (Lipinski definition) is 7. The van der Waals surface area contributed by atoms with Crippen LogP contribution in [0.4, 0.5) is 26.3 Å². The molecule has 0 aliphatic carbocycles. The molecule has 3 rings (SSSR count). The van der Waals surface area contributed by atoms with E-state index in [2.05, 4.69) is 9.05 Å². The van der Waals surface area contributed by atoms with E-state index in [1.165, 1.54) is 0 Å². The van der Waals surface area contributed by atoms with Crippen LogP contribution in [0.2, 0.25) is 0 Å². The fourth-order valence-electron chi connectivity index (χ4n) is 2.63. The monoisotopic (exact) mass is 439 g/mol. The van der Waals surface area contributed by atoms with E-state index in [1.807, 2.05) is 0 Å². The lowest BCUT2D eigenvalue weighted by atomic mass is 10.1. The van der Waals surface area contributed by atoms with E-state index >= 15 is 0 Å². The van der Waals surface area contributed by atoms with Crippen molar-refractivity contribution in [1.29, 1.82) is 0 Å². The van der Waals surface area contributed by atoms with Crippen LogP contribution in [0.25, 0.3) is 0 Å². The number of allylic oxidation sites excluding steroid dienone is 1. The Hall–Kier alpha value is -1.47. The van der Waals surface area contributed by atoms with Crippen LogP contribution in [-0.2, 0) is 32.5 Å². The standard InChI is InChI=1S/C13H12F6NO7P/c14-6-3-20(10(22)1-7(6)21)11-2-8-9(26-11)4-24-28(23,27-8)25-5-12(15,16)13(17,18)19/h3,8-9,11H,1-2,4-5H2/t8-,9+,11+,28?/m0/s1. The van der Waals surface area contributed by atoms with Gasteiger partial charge in [-0.3, -0.25) is 28.1 Å². The van der Waals surface area contributed by atoms with Gasteiger partial charge >= 0.3 is 19.9 Å². The second-order valence-corrected chi connectivity index (χ2v) is 7.73. The molecule has 3 aliphatic rings. The number of fused-ring (bicyclic) bond motifs is 1. The van der Waals surface area contributed by atoms with Crippen molar-refractivity contribution in [2.24, 2.45) is 0 Å². The van der Waals surface area contributed by atoms with E-state index in [0.717, 1.165) is 4.90 Å². The number of ketones is 1. The summed E-state index contributed by atoms with van der Waals surface area (Å²) in [5.74, 6) is -8.25. The number of amides is 1. The Morgan fingerprint density at radius 1 is 1.21 bits per heavy atom. The molecular weight excluding hydrogens is 427 g/mol. The first-order chi connectivity index (χ1) is 12.8. The number of nitrogens with zero attached hydrogens (tertiary/aromatic N) is 1. The van der Waals surface area contributed by atoms with Gasteiger partial charge < -0.3 is 4.74 Å². The Bertz CT molecular complexity index is 756. The molecule has 0 saturated carbocycles. The third-order valence-electron chi connectivity index (χ3n) is 4.09. The number of hydrogen-bond donors (Lipinski definition) is 0. The van der Waals surface area contributed by atoms with Crippen molar-refractivity contribution >= 4 is 19.5 Å². The normalized spacial score (nSPS) is 34.4. The van der Waals surface area contributed by atoms with Crippen LogP contribution < -0.4 is 0 Å². The summed E-state index contributed by atoms with van der Waals surface area (Å²) >= 11 is 0. The quantitative estimate of drug-likeness (QED) is 0.378. The van der Waals surface area contributed by atoms with E-state index in [4.69, 9.17) is 9.26 Å². The minimum absolute atomic E-state index is 0.235. The van der Waals surface area contributed by atoms with E-state index in [-0.39, 0.29) is 6.42 Å². The highest BCUT2D eigenvalue weighted by Gasteiger charge is 2.59. The predicted molar refractivity (Wildman–Crippen MR) is 74.3 cm³/mol. The number of carbonyl (C=O) groups is 2. The van der Waals surface area contributed by atoms with Gasteiger partial charge in [-0.25, -0.2) is 8.96 Å². The van der Waals surface area contributed by atoms with Gasteiger partial charge in [-0.2, -0.15) is 22.0 Å². The molecule has 15 heteroatoms. The van der Waals surface area contributed by atoms with Crippen molar-refractivity contribution in [2.75, 3.05) is 13.2 Å². The number of phosphoric acid groups is 1. The smallest absolute Gasteiger partial charge is 0.349 e. The highest BCUT2D eigenvalue weighted by molar-refractivity contribution is 7.48. The first kappa shape index (κ1) is 21.2. The van der Waals surface area contributed by atoms with Crippen LogP contribution in [0.15, 0.2) is 12.0 Å². The van der Waals surface area contributed by atoms with Gasteiger partial charge in [0.15, 0.2) is 5.83 Å². The van der Waals surface area contributed by atoms with Crippen molar-refractivity contribution in [3.8, 4) is 0 Å². The molecule has 2 fully saturated rings. The molecule has 28 heavy (non-hydrogen) atoms. The molecule has 0 radical (unpaired) electrons. The Morgan fingerprint density at radius 2 is 1.89 bits per heavy atom. The molecule has 3 aliphatic heterocycles. The summed E-state index contributed by atoms with van der Waals surface area (Å²) < 4.78 is 107. The summed E-state index contributed by atoms with van der Waals surface area (Å²) in [5.41, 5.74) is 0. The minimum Gasteiger partial charge on any atom is -0.349 e. The van der Waals surface area contributed by atoms with Crippen LogP contribution in [0.5, 0.6) is 0 Å². The summed E-state index contributed by atoms with van der Waals surface area (Å²) in [6.07, 6.45) is -9.53. The number of alkyl halides is 5. The van der Waals surface area contributed by atoms with Gasteiger partial charge in [-0.05, 0) is 0 Å². The molecule has 0 spiro atoms. The molecule has 2 saturated heterocycles. The highest BCUT2D eigenvalue weighted by atomic mass is 31.2. The molecule has 0 N–H and O–H groups in total. The van der Waals surface area contributed by atoms with Gasteiger partial charge in [0.1, 0.15) is 25.0 Å². The fourth-order valence-corrected chi connectivity index (χ4v) is 4.03. The Labute approximate surface area is 152 Å². The van der Waals surface area contributed by atoms with Crippen LogP contribution in [0.3, 0.4) is 0 Å². The summed E-state index contributed by atoms with van der Waals surface area (Å²) in [6.45, 7) is -2.83. The van der Waals surface area contributed by atoms with Crippen LogP contribution in [0, 0.1) is 0 Å². The Kier molecular flexibility index (Phi) is 5.38. The average molecular weight is 439 g/mol. The number of halogens is 6. The largest absolute Gasteiger partial charge is 0.475 e. The maximum absolute atomic E-state index is 13.4. The number of rotatable bonds is 4. The summed E-state index contributed by atoms with van der Waals surface area (Å²) in [6, 6.07) is 0. The van der Waals surface area contributed by atoms with Gasteiger partial charge in [0.25, 0.3) is 0 Å². The van der Waals surface area contributed by atoms with E-state index in [0.29, 0.717) is 6.20 Å². The lowest BCUT2D eigenvalue weighted by Gasteiger charge is -2.31. The molecule has 158 valence electrons. The molecule has 4 atom stereocenters. The lowest BCUT2D eigenvalue weighted by Crippen LogP contribution is -2.41. The molecule has 0 aromatic rings. The third-order valence-corrected chi connectivity index (χ3v) is 5.53. The Morgan fingerprint density at radius 3 is 2.54 bits per heavy atom. The lowest BCUT2D eigenvalue weighted by molar-refractivity contribution is -0.291. The van der Waals surface area contributed by atoms with Crippen molar-refractivity contribution in [3.05, 3.63) is 12.0 Å². The first-order valence-electron chi connectivity index (χ1n) is 7.70. The van der Waals surface area contributed by atoms with Gasteiger partial charge in [0.05, 0.1) is 13.0 Å². The zero-order valence-electron chi connectivity index (χ0n) is 13.7. The number of Topliss-reactive ketones (excluding diaryl/α,β-unsaturated/α-hetero) is 1. The number of phosphoric ester groups is 1. The summed E-state index contributed by atoms with van der Waals surface area (Å²) in [5, 5.41) is 0. The second-order valence-electron chi connectivity index (χ2n) is 6.11. The molecule has 0 bridgehead atoms. The highest BCUT2D eigenvalue weighted by Crippen LogP contribution is 2.57. The van der Waals surface area contributed by atoms with Crippen molar-refractivity contribution < 1.29 is 58.8 Å². The van der Waals surface area contributed by atoms with Crippen LogP contribution in [-0.4, -0.2) is 60.3 Å². The van der Waals surface area contributed by atoms with Crippen LogP contribution >= 0.6 is 7.82 Å².